The van der Waals surface area contributed by atoms with Gasteiger partial charge in [-0.2, -0.15) is 0 Å². The van der Waals surface area contributed by atoms with E-state index in [0.29, 0.717) is 18.2 Å². The molecule has 4 heteroatoms. The van der Waals surface area contributed by atoms with E-state index in [1.54, 1.807) is 0 Å². The summed E-state index contributed by atoms with van der Waals surface area (Å²) < 4.78 is 0. The highest BCUT2D eigenvalue weighted by Gasteiger charge is 2.23. The van der Waals surface area contributed by atoms with Gasteiger partial charge < -0.3 is 10.6 Å². The topological polar surface area (TPSA) is 44.4 Å². The van der Waals surface area contributed by atoms with Crippen molar-refractivity contribution in [2.24, 2.45) is 5.92 Å². The summed E-state index contributed by atoms with van der Waals surface area (Å²) in [6.45, 7) is 6.80. The summed E-state index contributed by atoms with van der Waals surface area (Å²) in [6.07, 6.45) is 2.07. The fourth-order valence-corrected chi connectivity index (χ4v) is 2.36. The molecule has 0 aromatic heterocycles. The van der Waals surface area contributed by atoms with E-state index >= 15 is 0 Å². The lowest BCUT2D eigenvalue weighted by Crippen LogP contribution is -2.47. The molecule has 0 aromatic rings. The van der Waals surface area contributed by atoms with Crippen LogP contribution in [-0.4, -0.2) is 56.5 Å². The zero-order valence-electron chi connectivity index (χ0n) is 9.30. The molecule has 0 spiro atoms. The first-order chi connectivity index (χ1) is 7.36. The normalized spacial score (nSPS) is 25.3. The molecule has 0 saturated carbocycles. The minimum atomic E-state index is 0.320. The maximum atomic E-state index is 12.0. The maximum absolute atomic E-state index is 12.0. The summed E-state index contributed by atoms with van der Waals surface area (Å²) in [6, 6.07) is 0. The van der Waals surface area contributed by atoms with Gasteiger partial charge in [-0.15, -0.1) is 0 Å². The molecule has 2 aliphatic rings. The molecule has 2 saturated heterocycles. The van der Waals surface area contributed by atoms with Crippen molar-refractivity contribution in [1.29, 1.82) is 0 Å². The molecule has 15 heavy (non-hydrogen) atoms. The number of nitrogens with zero attached hydrogens (tertiary/aromatic N) is 1. The first-order valence-electron chi connectivity index (χ1n) is 6.03. The molecule has 2 aliphatic heterocycles. The second-order valence-corrected chi connectivity index (χ2v) is 4.52. The van der Waals surface area contributed by atoms with E-state index in [1.165, 1.54) is 0 Å². The molecule has 0 atom stereocenters. The molecule has 0 bridgehead atoms. The van der Waals surface area contributed by atoms with Gasteiger partial charge in [-0.1, -0.05) is 0 Å². The molecular formula is C11H21N3O. The standard InChI is InChI=1S/C11H21N3O/c15-11(10-1-3-12-4-2-10)9-14-7-5-13-6-8-14/h10,12-13H,1-9H2. The number of piperidine rings is 1. The third kappa shape index (κ3) is 3.26. The van der Waals surface area contributed by atoms with Gasteiger partial charge in [0.15, 0.2) is 0 Å². The second kappa shape index (κ2) is 5.58. The summed E-state index contributed by atoms with van der Waals surface area (Å²) in [4.78, 5) is 14.3. The van der Waals surface area contributed by atoms with Gasteiger partial charge in [0.25, 0.3) is 0 Å². The minimum Gasteiger partial charge on any atom is -0.317 e. The van der Waals surface area contributed by atoms with Gasteiger partial charge in [0.2, 0.25) is 0 Å². The van der Waals surface area contributed by atoms with Crippen LogP contribution in [0.15, 0.2) is 0 Å². The SMILES string of the molecule is O=C(CN1CCNCC1)C1CCNCC1. The van der Waals surface area contributed by atoms with Crippen LogP contribution >= 0.6 is 0 Å². The lowest BCUT2D eigenvalue weighted by atomic mass is 9.93. The Labute approximate surface area is 91.4 Å². The predicted molar refractivity (Wildman–Crippen MR) is 59.9 cm³/mol. The molecule has 2 N–H and O–H groups in total. The molecule has 4 nitrogen and oxygen atoms in total. The lowest BCUT2D eigenvalue weighted by Gasteiger charge is -2.29. The number of carbonyl (C=O) groups excluding carboxylic acids is 1. The number of Topliss-reactive ketones (excluding diaryl/α,β-unsaturated/α-hetero) is 1. The van der Waals surface area contributed by atoms with Crippen molar-refractivity contribution < 1.29 is 4.79 Å². The highest BCUT2D eigenvalue weighted by molar-refractivity contribution is 5.83. The van der Waals surface area contributed by atoms with Crippen molar-refractivity contribution >= 4 is 5.78 Å². The Balaban J connectivity index is 1.74. The van der Waals surface area contributed by atoms with Crippen molar-refractivity contribution in [3.63, 3.8) is 0 Å². The maximum Gasteiger partial charge on any atom is 0.149 e. The van der Waals surface area contributed by atoms with Crippen LogP contribution in [0.4, 0.5) is 0 Å². The van der Waals surface area contributed by atoms with Crippen LogP contribution in [0.1, 0.15) is 12.8 Å². The second-order valence-electron chi connectivity index (χ2n) is 4.52. The predicted octanol–water partition coefficient (Wildman–Crippen LogP) is -0.540. The third-order valence-electron chi connectivity index (χ3n) is 3.38. The van der Waals surface area contributed by atoms with E-state index in [4.69, 9.17) is 0 Å². The minimum absolute atomic E-state index is 0.320. The van der Waals surface area contributed by atoms with Gasteiger partial charge in [-0.05, 0) is 25.9 Å². The van der Waals surface area contributed by atoms with E-state index in [2.05, 4.69) is 15.5 Å². The van der Waals surface area contributed by atoms with Crippen LogP contribution < -0.4 is 10.6 Å². The average Bonchev–Trinajstić information content (AvgIpc) is 2.31. The first kappa shape index (κ1) is 11.0. The Bertz CT molecular complexity index is 208. The van der Waals surface area contributed by atoms with Crippen molar-refractivity contribution in [2.75, 3.05) is 45.8 Å². The Hall–Kier alpha value is -0.450. The van der Waals surface area contributed by atoms with E-state index in [9.17, 15) is 4.79 Å². The zero-order chi connectivity index (χ0) is 10.5. The van der Waals surface area contributed by atoms with Crippen LogP contribution in [0.25, 0.3) is 0 Å². The van der Waals surface area contributed by atoms with Crippen molar-refractivity contribution in [2.45, 2.75) is 12.8 Å². The summed E-state index contributed by atoms with van der Waals surface area (Å²) >= 11 is 0. The molecule has 2 heterocycles. The fraction of sp³-hybridized carbons (Fsp3) is 0.909. The van der Waals surface area contributed by atoms with Crippen LogP contribution in [0.2, 0.25) is 0 Å². The monoisotopic (exact) mass is 211 g/mol. The van der Waals surface area contributed by atoms with E-state index < -0.39 is 0 Å². The van der Waals surface area contributed by atoms with Crippen LogP contribution in [0, 0.1) is 5.92 Å². The Kier molecular flexibility index (Phi) is 4.11. The molecule has 86 valence electrons. The van der Waals surface area contributed by atoms with Crippen molar-refractivity contribution in [1.82, 2.24) is 15.5 Å². The van der Waals surface area contributed by atoms with E-state index in [1.807, 2.05) is 0 Å². The van der Waals surface area contributed by atoms with Crippen LogP contribution in [0.3, 0.4) is 0 Å². The summed E-state index contributed by atoms with van der Waals surface area (Å²) in [5.41, 5.74) is 0. The first-order valence-corrected chi connectivity index (χ1v) is 6.03. The number of ketones is 1. The average molecular weight is 211 g/mol. The largest absolute Gasteiger partial charge is 0.317 e. The Morgan fingerprint density at radius 2 is 1.67 bits per heavy atom. The highest BCUT2D eigenvalue weighted by atomic mass is 16.1. The van der Waals surface area contributed by atoms with Gasteiger partial charge in [-0.25, -0.2) is 0 Å². The molecule has 2 rings (SSSR count). The van der Waals surface area contributed by atoms with Crippen molar-refractivity contribution in [3.05, 3.63) is 0 Å². The molecule has 0 amide bonds. The van der Waals surface area contributed by atoms with Gasteiger partial charge in [0.1, 0.15) is 5.78 Å². The highest BCUT2D eigenvalue weighted by Crippen LogP contribution is 2.13. The Morgan fingerprint density at radius 3 is 2.33 bits per heavy atom. The summed E-state index contributed by atoms with van der Waals surface area (Å²) in [5.74, 6) is 0.777. The Morgan fingerprint density at radius 1 is 1.07 bits per heavy atom. The van der Waals surface area contributed by atoms with Crippen LogP contribution in [-0.2, 0) is 4.79 Å². The van der Waals surface area contributed by atoms with E-state index in [0.717, 1.165) is 52.1 Å². The zero-order valence-corrected chi connectivity index (χ0v) is 9.30. The van der Waals surface area contributed by atoms with Crippen LogP contribution in [0.5, 0.6) is 0 Å². The smallest absolute Gasteiger partial charge is 0.149 e. The summed E-state index contributed by atoms with van der Waals surface area (Å²) in [5, 5.41) is 6.60. The molecule has 0 radical (unpaired) electrons. The molecule has 2 fully saturated rings. The van der Waals surface area contributed by atoms with E-state index in [-0.39, 0.29) is 0 Å². The van der Waals surface area contributed by atoms with Crippen molar-refractivity contribution in [3.8, 4) is 0 Å². The number of hydrogen-bond acceptors (Lipinski definition) is 4. The van der Waals surface area contributed by atoms with Gasteiger partial charge >= 0.3 is 0 Å². The molecule has 0 aliphatic carbocycles. The van der Waals surface area contributed by atoms with Gasteiger partial charge in [0, 0.05) is 32.1 Å². The molecular weight excluding hydrogens is 190 g/mol. The van der Waals surface area contributed by atoms with Gasteiger partial charge in [0.05, 0.1) is 6.54 Å². The number of piperazine rings is 1. The van der Waals surface area contributed by atoms with Gasteiger partial charge in [-0.3, -0.25) is 9.69 Å². The number of rotatable bonds is 3. The third-order valence-corrected chi connectivity index (χ3v) is 3.38. The molecule has 0 unspecified atom stereocenters. The number of carbonyl (C=O) groups is 1. The number of hydrogen-bond donors (Lipinski definition) is 2. The summed E-state index contributed by atoms with van der Waals surface area (Å²) in [7, 11) is 0. The quantitative estimate of drug-likeness (QED) is 0.658. The number of nitrogens with one attached hydrogen (secondary N) is 2. The molecule has 0 aromatic carbocycles. The fourth-order valence-electron chi connectivity index (χ4n) is 2.36. The lowest BCUT2D eigenvalue weighted by molar-refractivity contribution is -0.124.